The monoisotopic (exact) mass is 371 g/mol. The molecule has 0 saturated carbocycles. The molecular weight excluding hydrogens is 358 g/mol. The number of nitrogens with one attached hydrogen (secondary N) is 1. The number of benzene rings is 2. The molecule has 8 heteroatoms. The number of nitrogens with zero attached hydrogens (tertiary/aromatic N) is 2. The highest BCUT2D eigenvalue weighted by atomic mass is 35.5. The number of rotatable bonds is 4. The van der Waals surface area contributed by atoms with E-state index in [-0.39, 0.29) is 19.1 Å². The molecule has 3 aromatic rings. The van der Waals surface area contributed by atoms with Crippen LogP contribution >= 0.6 is 11.6 Å². The summed E-state index contributed by atoms with van der Waals surface area (Å²) in [5, 5.41) is 7.24. The SMILES string of the molecule is O=C(NCc1nc(-c2ccc(Cl)cc2)no1)C1COc2ccccc2O1. The third-order valence-electron chi connectivity index (χ3n) is 3.79. The van der Waals surface area contributed by atoms with Gasteiger partial charge in [0.25, 0.3) is 5.91 Å². The van der Waals surface area contributed by atoms with Crippen molar-refractivity contribution in [3.63, 3.8) is 0 Å². The van der Waals surface area contributed by atoms with Gasteiger partial charge < -0.3 is 19.3 Å². The lowest BCUT2D eigenvalue weighted by molar-refractivity contribution is -0.130. The number of halogens is 1. The van der Waals surface area contributed by atoms with Crippen molar-refractivity contribution >= 4 is 17.5 Å². The molecule has 132 valence electrons. The average Bonchev–Trinajstić information content (AvgIpc) is 3.15. The number of para-hydroxylation sites is 2. The molecule has 0 spiro atoms. The topological polar surface area (TPSA) is 86.5 Å². The van der Waals surface area contributed by atoms with Gasteiger partial charge in [-0.2, -0.15) is 4.98 Å². The molecule has 1 aromatic heterocycles. The lowest BCUT2D eigenvalue weighted by Crippen LogP contribution is -2.43. The number of carbonyl (C=O) groups excluding carboxylic acids is 1. The largest absolute Gasteiger partial charge is 0.485 e. The second kappa shape index (κ2) is 7.05. The molecule has 7 nitrogen and oxygen atoms in total. The maximum atomic E-state index is 12.3. The van der Waals surface area contributed by atoms with Crippen LogP contribution in [0.25, 0.3) is 11.4 Å². The molecule has 26 heavy (non-hydrogen) atoms. The van der Waals surface area contributed by atoms with E-state index in [1.165, 1.54) is 0 Å². The van der Waals surface area contributed by atoms with E-state index in [1.54, 1.807) is 36.4 Å². The molecule has 1 N–H and O–H groups in total. The van der Waals surface area contributed by atoms with Gasteiger partial charge in [-0.15, -0.1) is 0 Å². The number of ether oxygens (including phenoxy) is 2. The fraction of sp³-hybridized carbons (Fsp3) is 0.167. The molecule has 1 aliphatic rings. The summed E-state index contributed by atoms with van der Waals surface area (Å²) < 4.78 is 16.3. The van der Waals surface area contributed by atoms with Crippen molar-refractivity contribution in [3.8, 4) is 22.9 Å². The minimum Gasteiger partial charge on any atom is -0.485 e. The van der Waals surface area contributed by atoms with Gasteiger partial charge in [0.05, 0.1) is 6.54 Å². The van der Waals surface area contributed by atoms with E-state index < -0.39 is 6.10 Å². The zero-order chi connectivity index (χ0) is 17.9. The summed E-state index contributed by atoms with van der Waals surface area (Å²) >= 11 is 5.86. The summed E-state index contributed by atoms with van der Waals surface area (Å²) in [6.07, 6.45) is -0.733. The maximum Gasteiger partial charge on any atom is 0.265 e. The third kappa shape index (κ3) is 3.48. The molecule has 0 radical (unpaired) electrons. The quantitative estimate of drug-likeness (QED) is 0.759. The highest BCUT2D eigenvalue weighted by molar-refractivity contribution is 6.30. The van der Waals surface area contributed by atoms with Crippen LogP contribution in [0.1, 0.15) is 5.89 Å². The normalized spacial score (nSPS) is 15.5. The Morgan fingerprint density at radius 1 is 1.15 bits per heavy atom. The second-order valence-corrected chi connectivity index (χ2v) is 6.04. The van der Waals surface area contributed by atoms with E-state index in [9.17, 15) is 4.79 Å². The molecule has 4 rings (SSSR count). The summed E-state index contributed by atoms with van der Waals surface area (Å²) in [5.41, 5.74) is 0.774. The fourth-order valence-electron chi connectivity index (χ4n) is 2.47. The third-order valence-corrected chi connectivity index (χ3v) is 4.04. The molecule has 0 fully saturated rings. The van der Waals surface area contributed by atoms with E-state index in [0.29, 0.717) is 28.2 Å². The van der Waals surface area contributed by atoms with Crippen LogP contribution in [-0.2, 0) is 11.3 Å². The lowest BCUT2D eigenvalue weighted by Gasteiger charge is -2.25. The number of aromatic nitrogens is 2. The molecule has 2 heterocycles. The van der Waals surface area contributed by atoms with Gasteiger partial charge in [0.1, 0.15) is 6.61 Å². The average molecular weight is 372 g/mol. The standard InChI is InChI=1S/C18H14ClN3O4/c19-12-7-5-11(6-8-12)17-21-16(26-22-17)9-20-18(23)15-10-24-13-3-1-2-4-14(13)25-15/h1-8,15H,9-10H2,(H,20,23). The summed E-state index contributed by atoms with van der Waals surface area (Å²) in [6.45, 7) is 0.240. The van der Waals surface area contributed by atoms with Crippen molar-refractivity contribution in [2.45, 2.75) is 12.6 Å². The van der Waals surface area contributed by atoms with Gasteiger partial charge >= 0.3 is 0 Å². The molecule has 0 bridgehead atoms. The highest BCUT2D eigenvalue weighted by Gasteiger charge is 2.27. The summed E-state index contributed by atoms with van der Waals surface area (Å²) in [7, 11) is 0. The number of hydrogen-bond donors (Lipinski definition) is 1. The van der Waals surface area contributed by atoms with Gasteiger partial charge in [0, 0.05) is 10.6 Å². The first-order valence-corrected chi connectivity index (χ1v) is 8.31. The number of amides is 1. The van der Waals surface area contributed by atoms with Crippen molar-refractivity contribution in [1.29, 1.82) is 0 Å². The van der Waals surface area contributed by atoms with Gasteiger partial charge in [-0.1, -0.05) is 28.9 Å². The van der Waals surface area contributed by atoms with Gasteiger partial charge in [-0.3, -0.25) is 4.79 Å². The minimum atomic E-state index is -0.733. The fourth-order valence-corrected chi connectivity index (χ4v) is 2.59. The Bertz CT molecular complexity index is 926. The molecule has 2 aromatic carbocycles. The first kappa shape index (κ1) is 16.4. The van der Waals surface area contributed by atoms with Crippen LogP contribution in [0.4, 0.5) is 0 Å². The molecule has 1 unspecified atom stereocenters. The Labute approximate surface area is 153 Å². The Balaban J connectivity index is 1.36. The Morgan fingerprint density at radius 2 is 1.92 bits per heavy atom. The van der Waals surface area contributed by atoms with Crippen LogP contribution in [0, 0.1) is 0 Å². The molecule has 0 aliphatic carbocycles. The Morgan fingerprint density at radius 3 is 2.73 bits per heavy atom. The first-order valence-electron chi connectivity index (χ1n) is 7.94. The molecule has 0 saturated heterocycles. The zero-order valence-electron chi connectivity index (χ0n) is 13.5. The predicted octanol–water partition coefficient (Wildman–Crippen LogP) is 2.85. The van der Waals surface area contributed by atoms with Crippen LogP contribution in [0.3, 0.4) is 0 Å². The maximum absolute atomic E-state index is 12.3. The Hall–Kier alpha value is -3.06. The highest BCUT2D eigenvalue weighted by Crippen LogP contribution is 2.30. The van der Waals surface area contributed by atoms with Crippen LogP contribution < -0.4 is 14.8 Å². The van der Waals surface area contributed by atoms with E-state index >= 15 is 0 Å². The summed E-state index contributed by atoms with van der Waals surface area (Å²) in [5.74, 6) is 1.58. The van der Waals surface area contributed by atoms with Crippen LogP contribution in [0.2, 0.25) is 5.02 Å². The van der Waals surface area contributed by atoms with Crippen LogP contribution in [-0.4, -0.2) is 28.8 Å². The van der Waals surface area contributed by atoms with Crippen LogP contribution in [0.5, 0.6) is 11.5 Å². The van der Waals surface area contributed by atoms with E-state index in [2.05, 4.69) is 15.5 Å². The van der Waals surface area contributed by atoms with E-state index in [1.807, 2.05) is 12.1 Å². The van der Waals surface area contributed by atoms with E-state index in [4.69, 9.17) is 25.6 Å². The summed E-state index contributed by atoms with van der Waals surface area (Å²) in [4.78, 5) is 16.5. The molecular formula is C18H14ClN3O4. The summed E-state index contributed by atoms with van der Waals surface area (Å²) in [6, 6.07) is 14.3. The second-order valence-electron chi connectivity index (χ2n) is 5.60. The number of carbonyl (C=O) groups is 1. The molecule has 1 aliphatic heterocycles. The molecule has 1 amide bonds. The van der Waals surface area contributed by atoms with Crippen molar-refractivity contribution in [2.75, 3.05) is 6.61 Å². The van der Waals surface area contributed by atoms with Crippen molar-refractivity contribution in [1.82, 2.24) is 15.5 Å². The van der Waals surface area contributed by atoms with Gasteiger partial charge in [0.15, 0.2) is 11.5 Å². The van der Waals surface area contributed by atoms with Gasteiger partial charge in [0.2, 0.25) is 17.8 Å². The first-order chi connectivity index (χ1) is 12.7. The predicted molar refractivity (Wildman–Crippen MR) is 92.9 cm³/mol. The lowest BCUT2D eigenvalue weighted by atomic mass is 10.2. The smallest absolute Gasteiger partial charge is 0.265 e. The zero-order valence-corrected chi connectivity index (χ0v) is 14.3. The number of fused-ring (bicyclic) bond motifs is 1. The Kier molecular flexibility index (Phi) is 4.45. The number of hydrogen-bond acceptors (Lipinski definition) is 6. The molecule has 1 atom stereocenters. The van der Waals surface area contributed by atoms with Gasteiger partial charge in [-0.05, 0) is 36.4 Å². The minimum absolute atomic E-state index is 0.0981. The van der Waals surface area contributed by atoms with Crippen molar-refractivity contribution < 1.29 is 18.8 Å². The van der Waals surface area contributed by atoms with Gasteiger partial charge in [-0.25, -0.2) is 0 Å². The van der Waals surface area contributed by atoms with Crippen LogP contribution in [0.15, 0.2) is 53.1 Å². The van der Waals surface area contributed by atoms with Crippen molar-refractivity contribution in [3.05, 3.63) is 59.4 Å². The van der Waals surface area contributed by atoms with Crippen molar-refractivity contribution in [2.24, 2.45) is 0 Å². The van der Waals surface area contributed by atoms with E-state index in [0.717, 1.165) is 5.56 Å².